The summed E-state index contributed by atoms with van der Waals surface area (Å²) in [6.45, 7) is 0. The number of nitrogens with one attached hydrogen (secondary N) is 1. The third-order valence-corrected chi connectivity index (χ3v) is 2.69. The molecule has 0 saturated carbocycles. The van der Waals surface area contributed by atoms with Crippen molar-refractivity contribution in [2.24, 2.45) is 0 Å². The molecule has 0 unspecified atom stereocenters. The Balaban J connectivity index is 2.93. The van der Waals surface area contributed by atoms with Gasteiger partial charge in [-0.05, 0) is 34.7 Å². The first-order chi connectivity index (χ1) is 5.70. The van der Waals surface area contributed by atoms with Gasteiger partial charge in [0.2, 0.25) is 0 Å². The third kappa shape index (κ3) is 1.09. The summed E-state index contributed by atoms with van der Waals surface area (Å²) in [6.07, 6.45) is 0. The fourth-order valence-electron chi connectivity index (χ4n) is 0.992. The molecule has 62 valence electrons. The first-order valence-corrected chi connectivity index (χ1v) is 4.63. The molecule has 0 aliphatic heterocycles. The summed E-state index contributed by atoms with van der Waals surface area (Å²) in [6, 6.07) is 3.27. The Morgan fingerprint density at radius 3 is 3.00 bits per heavy atom. The van der Waals surface area contributed by atoms with Gasteiger partial charge in [-0.2, -0.15) is 5.10 Å². The topological polar surface area (TPSA) is 28.7 Å². The maximum absolute atomic E-state index is 13.2. The van der Waals surface area contributed by atoms with E-state index in [4.69, 9.17) is 11.6 Å². The minimum atomic E-state index is -0.465. The molecule has 2 aromatic rings. The van der Waals surface area contributed by atoms with Gasteiger partial charge in [0.1, 0.15) is 9.22 Å². The summed E-state index contributed by atoms with van der Waals surface area (Å²) in [5, 5.41) is 7.33. The van der Waals surface area contributed by atoms with E-state index in [-0.39, 0.29) is 5.02 Å². The molecule has 2 rings (SSSR count). The fraction of sp³-hybridized carbons (Fsp3) is 0. The van der Waals surface area contributed by atoms with Crippen molar-refractivity contribution in [1.82, 2.24) is 10.2 Å². The molecule has 1 aromatic heterocycles. The molecule has 0 saturated heterocycles. The molecule has 0 amide bonds. The largest absolute Gasteiger partial charge is 0.271 e. The van der Waals surface area contributed by atoms with Crippen LogP contribution in [0.15, 0.2) is 12.1 Å². The van der Waals surface area contributed by atoms with Crippen LogP contribution in [0.2, 0.25) is 5.02 Å². The van der Waals surface area contributed by atoms with E-state index in [2.05, 4.69) is 32.8 Å². The predicted molar refractivity (Wildman–Crippen MR) is 53.8 cm³/mol. The average molecular weight is 296 g/mol. The predicted octanol–water partition coefficient (Wildman–Crippen LogP) is 2.96. The van der Waals surface area contributed by atoms with Crippen molar-refractivity contribution in [2.45, 2.75) is 0 Å². The highest BCUT2D eigenvalue weighted by molar-refractivity contribution is 14.1. The lowest BCUT2D eigenvalue weighted by molar-refractivity contribution is 0.636. The van der Waals surface area contributed by atoms with Crippen molar-refractivity contribution >= 4 is 45.1 Å². The summed E-state index contributed by atoms with van der Waals surface area (Å²) >= 11 is 7.62. The summed E-state index contributed by atoms with van der Waals surface area (Å²) in [5.74, 6) is -0.465. The van der Waals surface area contributed by atoms with Crippen LogP contribution >= 0.6 is 34.2 Å². The summed E-state index contributed by atoms with van der Waals surface area (Å²) in [5.41, 5.74) is 0.298. The Hall–Kier alpha value is -0.360. The molecule has 2 nitrogen and oxygen atoms in total. The zero-order valence-corrected chi connectivity index (χ0v) is 8.65. The van der Waals surface area contributed by atoms with Crippen LogP contribution in [-0.4, -0.2) is 10.2 Å². The maximum Gasteiger partial charge on any atom is 0.169 e. The molecule has 5 heteroatoms. The maximum atomic E-state index is 13.2. The zero-order chi connectivity index (χ0) is 8.72. The third-order valence-electron chi connectivity index (χ3n) is 1.57. The van der Waals surface area contributed by atoms with Crippen molar-refractivity contribution in [3.8, 4) is 0 Å². The SMILES string of the molecule is Fc1c(Cl)ccc2c(I)[nH]nc12. The van der Waals surface area contributed by atoms with E-state index in [0.717, 1.165) is 9.09 Å². The van der Waals surface area contributed by atoms with Gasteiger partial charge in [0.25, 0.3) is 0 Å². The highest BCUT2D eigenvalue weighted by Gasteiger charge is 2.09. The molecular weight excluding hydrogens is 293 g/mol. The van der Waals surface area contributed by atoms with Crippen LogP contribution in [0, 0.1) is 9.52 Å². The Labute approximate surface area is 86.2 Å². The first-order valence-electron chi connectivity index (χ1n) is 3.17. The van der Waals surface area contributed by atoms with E-state index in [1.807, 2.05) is 0 Å². The quantitative estimate of drug-likeness (QED) is 0.744. The van der Waals surface area contributed by atoms with Crippen LogP contribution in [-0.2, 0) is 0 Å². The van der Waals surface area contributed by atoms with Gasteiger partial charge in [-0.3, -0.25) is 5.10 Å². The van der Waals surface area contributed by atoms with Crippen LogP contribution in [0.4, 0.5) is 4.39 Å². The lowest BCUT2D eigenvalue weighted by Crippen LogP contribution is -1.79. The van der Waals surface area contributed by atoms with E-state index in [1.54, 1.807) is 6.07 Å². The Kier molecular flexibility index (Phi) is 1.96. The van der Waals surface area contributed by atoms with E-state index in [0.29, 0.717) is 5.52 Å². The van der Waals surface area contributed by atoms with Crippen molar-refractivity contribution in [1.29, 1.82) is 0 Å². The Bertz CT molecular complexity index is 440. The molecule has 0 radical (unpaired) electrons. The summed E-state index contributed by atoms with van der Waals surface area (Å²) in [7, 11) is 0. The van der Waals surface area contributed by atoms with Crippen LogP contribution in [0.5, 0.6) is 0 Å². The second kappa shape index (κ2) is 2.85. The molecule has 0 spiro atoms. The van der Waals surface area contributed by atoms with Gasteiger partial charge in [-0.1, -0.05) is 11.6 Å². The van der Waals surface area contributed by atoms with Gasteiger partial charge in [0.05, 0.1) is 5.02 Å². The normalized spacial score (nSPS) is 10.9. The summed E-state index contributed by atoms with van der Waals surface area (Å²) in [4.78, 5) is 0. The van der Waals surface area contributed by atoms with Crippen LogP contribution in [0.3, 0.4) is 0 Å². The smallest absolute Gasteiger partial charge is 0.169 e. The van der Waals surface area contributed by atoms with Crippen LogP contribution in [0.25, 0.3) is 10.9 Å². The van der Waals surface area contributed by atoms with Crippen molar-refractivity contribution < 1.29 is 4.39 Å². The van der Waals surface area contributed by atoms with Gasteiger partial charge in [-0.25, -0.2) is 4.39 Å². The van der Waals surface area contributed by atoms with Crippen LogP contribution < -0.4 is 0 Å². The number of hydrogen-bond donors (Lipinski definition) is 1. The number of H-pyrrole nitrogens is 1. The zero-order valence-electron chi connectivity index (χ0n) is 5.74. The monoisotopic (exact) mass is 296 g/mol. The number of hydrogen-bond acceptors (Lipinski definition) is 1. The van der Waals surface area contributed by atoms with Gasteiger partial charge < -0.3 is 0 Å². The van der Waals surface area contributed by atoms with Crippen molar-refractivity contribution in [2.75, 3.05) is 0 Å². The molecule has 12 heavy (non-hydrogen) atoms. The molecular formula is C7H3ClFIN2. The van der Waals surface area contributed by atoms with Gasteiger partial charge in [0, 0.05) is 5.39 Å². The first kappa shape index (κ1) is 8.25. The lowest BCUT2D eigenvalue weighted by atomic mass is 10.2. The number of aromatic nitrogens is 2. The second-order valence-electron chi connectivity index (χ2n) is 2.30. The Morgan fingerprint density at radius 1 is 1.50 bits per heavy atom. The molecule has 1 aromatic carbocycles. The highest BCUT2D eigenvalue weighted by atomic mass is 127. The molecule has 0 fully saturated rings. The van der Waals surface area contributed by atoms with E-state index < -0.39 is 5.82 Å². The van der Waals surface area contributed by atoms with E-state index in [1.165, 1.54) is 6.07 Å². The Morgan fingerprint density at radius 2 is 2.25 bits per heavy atom. The minimum Gasteiger partial charge on any atom is -0.271 e. The van der Waals surface area contributed by atoms with Crippen molar-refractivity contribution in [3.05, 3.63) is 26.7 Å². The lowest BCUT2D eigenvalue weighted by Gasteiger charge is -1.92. The number of fused-ring (bicyclic) bond motifs is 1. The molecule has 0 bridgehead atoms. The molecule has 0 aliphatic carbocycles. The van der Waals surface area contributed by atoms with Gasteiger partial charge in [-0.15, -0.1) is 0 Å². The number of benzene rings is 1. The van der Waals surface area contributed by atoms with Gasteiger partial charge in [0.15, 0.2) is 5.82 Å². The summed E-state index contributed by atoms with van der Waals surface area (Å²) < 4.78 is 14.0. The molecule has 1 heterocycles. The number of rotatable bonds is 0. The molecule has 1 N–H and O–H groups in total. The van der Waals surface area contributed by atoms with E-state index in [9.17, 15) is 4.39 Å². The molecule has 0 aliphatic rings. The fourth-order valence-corrected chi connectivity index (χ4v) is 1.70. The molecule has 0 atom stereocenters. The van der Waals surface area contributed by atoms with E-state index >= 15 is 0 Å². The van der Waals surface area contributed by atoms with Gasteiger partial charge >= 0.3 is 0 Å². The highest BCUT2D eigenvalue weighted by Crippen LogP contribution is 2.25. The number of nitrogens with zero attached hydrogens (tertiary/aromatic N) is 1. The number of halogens is 3. The second-order valence-corrected chi connectivity index (χ2v) is 3.78. The minimum absolute atomic E-state index is 0.102. The van der Waals surface area contributed by atoms with Crippen LogP contribution in [0.1, 0.15) is 0 Å². The number of aromatic amines is 1. The van der Waals surface area contributed by atoms with Crippen molar-refractivity contribution in [3.63, 3.8) is 0 Å². The standard InChI is InChI=1S/C7H3ClFIN2/c8-4-2-1-3-6(5(4)9)11-12-7(3)10/h1-2H,(H,11,12). The average Bonchev–Trinajstić information content (AvgIpc) is 2.41.